The Kier molecular flexibility index (Phi) is 5.47. The van der Waals surface area contributed by atoms with E-state index in [0.717, 1.165) is 42.3 Å². The molecular weight excluding hydrogens is 487 g/mol. The molecule has 0 atom stereocenters. The number of aromatic amines is 1. The molecule has 2 saturated carbocycles. The largest absolute Gasteiger partial charge is 0.491 e. The number of ether oxygens (including phenoxy) is 1. The van der Waals surface area contributed by atoms with E-state index in [1.165, 1.54) is 0 Å². The number of likely N-dealkylation sites (tertiary alicyclic amines) is 1. The average Bonchev–Trinajstić information content (AvgIpc) is 3.28. The highest BCUT2D eigenvalue weighted by Crippen LogP contribution is 2.62. The van der Waals surface area contributed by atoms with Gasteiger partial charge in [0.05, 0.1) is 34.6 Å². The predicted molar refractivity (Wildman–Crippen MR) is 139 cm³/mol. The van der Waals surface area contributed by atoms with E-state index in [-0.39, 0.29) is 22.9 Å². The SMILES string of the molecule is O=C(NC1CC2(C1)CC(c1n[nH]c(=O)c3ccccc13)C2)c1cnn2cc(OCCN3CC(F)C3)ccc12. The standard InChI is InChI=1S/C28H29FN6O3/c29-18-14-34(15-18)7-8-38-20-5-6-24-23(13-30-35(24)16-20)26(36)31-19-11-28(12-19)9-17(10-28)25-21-3-1-2-4-22(21)27(37)33-32-25/h1-6,13,16-19H,7-12,14-15H2,(H,31,36)(H,33,37). The molecule has 1 amide bonds. The Hall–Kier alpha value is -3.79. The summed E-state index contributed by atoms with van der Waals surface area (Å²) in [7, 11) is 0. The number of hydrogen-bond acceptors (Lipinski definition) is 6. The molecule has 3 aliphatic rings. The first-order chi connectivity index (χ1) is 18.5. The number of alkyl halides is 1. The van der Waals surface area contributed by atoms with Gasteiger partial charge in [0.1, 0.15) is 18.5 Å². The molecule has 9 nitrogen and oxygen atoms in total. The number of nitrogens with zero attached hydrogens (tertiary/aromatic N) is 4. The summed E-state index contributed by atoms with van der Waals surface area (Å²) in [6.45, 7) is 2.12. The average molecular weight is 517 g/mol. The van der Waals surface area contributed by atoms with Crippen LogP contribution in [0.25, 0.3) is 16.3 Å². The highest BCUT2D eigenvalue weighted by atomic mass is 19.1. The van der Waals surface area contributed by atoms with Crippen LogP contribution in [0.5, 0.6) is 5.75 Å². The van der Waals surface area contributed by atoms with Crippen molar-refractivity contribution in [3.63, 3.8) is 0 Å². The number of benzene rings is 1. The molecule has 3 fully saturated rings. The first kappa shape index (κ1) is 23.3. The van der Waals surface area contributed by atoms with Gasteiger partial charge in [-0.05, 0) is 49.3 Å². The molecule has 2 aliphatic carbocycles. The summed E-state index contributed by atoms with van der Waals surface area (Å²) in [4.78, 5) is 27.1. The van der Waals surface area contributed by atoms with Crippen LogP contribution in [0.15, 0.2) is 53.6 Å². The van der Waals surface area contributed by atoms with Crippen LogP contribution in [-0.4, -0.2) is 69.1 Å². The zero-order chi connectivity index (χ0) is 25.9. The lowest BCUT2D eigenvalue weighted by molar-refractivity contribution is -0.0196. The lowest BCUT2D eigenvalue weighted by Gasteiger charge is -2.57. The zero-order valence-electron chi connectivity index (χ0n) is 20.9. The van der Waals surface area contributed by atoms with Gasteiger partial charge in [0.25, 0.3) is 11.5 Å². The highest BCUT2D eigenvalue weighted by Gasteiger charge is 2.54. The van der Waals surface area contributed by atoms with Gasteiger partial charge in [-0.25, -0.2) is 14.0 Å². The number of amides is 1. The minimum Gasteiger partial charge on any atom is -0.491 e. The maximum Gasteiger partial charge on any atom is 0.272 e. The highest BCUT2D eigenvalue weighted by molar-refractivity contribution is 6.00. The second-order valence-electron chi connectivity index (χ2n) is 11.1. The van der Waals surface area contributed by atoms with E-state index < -0.39 is 6.17 Å². The van der Waals surface area contributed by atoms with Crippen LogP contribution >= 0.6 is 0 Å². The monoisotopic (exact) mass is 516 g/mol. The van der Waals surface area contributed by atoms with Crippen molar-refractivity contribution in [2.45, 2.75) is 43.8 Å². The van der Waals surface area contributed by atoms with Crippen LogP contribution in [0.2, 0.25) is 0 Å². The first-order valence-corrected chi connectivity index (χ1v) is 13.2. The van der Waals surface area contributed by atoms with Crippen LogP contribution in [0.4, 0.5) is 4.39 Å². The van der Waals surface area contributed by atoms with Gasteiger partial charge in [-0.1, -0.05) is 18.2 Å². The fraction of sp³-hybridized carbons (Fsp3) is 0.429. The summed E-state index contributed by atoms with van der Waals surface area (Å²) in [5, 5.41) is 16.2. The summed E-state index contributed by atoms with van der Waals surface area (Å²) >= 11 is 0. The Morgan fingerprint density at radius 2 is 1.92 bits per heavy atom. The number of carbonyl (C=O) groups is 1. The fourth-order valence-corrected chi connectivity index (χ4v) is 6.52. The van der Waals surface area contributed by atoms with Gasteiger partial charge >= 0.3 is 0 Å². The van der Waals surface area contributed by atoms with Gasteiger partial charge in [-0.3, -0.25) is 14.5 Å². The molecule has 7 rings (SSSR count). The van der Waals surface area contributed by atoms with Crippen LogP contribution in [-0.2, 0) is 0 Å². The molecule has 4 aromatic rings. The fourth-order valence-electron chi connectivity index (χ4n) is 6.52. The number of pyridine rings is 1. The Labute approximate surface area is 218 Å². The van der Waals surface area contributed by atoms with E-state index >= 15 is 0 Å². The molecule has 1 aliphatic heterocycles. The molecule has 0 bridgehead atoms. The molecule has 10 heteroatoms. The number of carbonyl (C=O) groups excluding carboxylic acids is 1. The molecule has 1 aromatic carbocycles. The quantitative estimate of drug-likeness (QED) is 0.391. The number of rotatable bonds is 7. The van der Waals surface area contributed by atoms with Crippen molar-refractivity contribution < 1.29 is 13.9 Å². The van der Waals surface area contributed by atoms with Gasteiger partial charge in [0.2, 0.25) is 0 Å². The Morgan fingerprint density at radius 3 is 2.71 bits per heavy atom. The van der Waals surface area contributed by atoms with E-state index in [9.17, 15) is 14.0 Å². The van der Waals surface area contributed by atoms with Gasteiger partial charge in [0.15, 0.2) is 0 Å². The molecule has 3 aromatic heterocycles. The van der Waals surface area contributed by atoms with Crippen molar-refractivity contribution in [3.05, 3.63) is 70.4 Å². The first-order valence-electron chi connectivity index (χ1n) is 13.2. The van der Waals surface area contributed by atoms with Crippen molar-refractivity contribution in [2.75, 3.05) is 26.2 Å². The minimum atomic E-state index is -0.712. The van der Waals surface area contributed by atoms with Gasteiger partial charge in [0, 0.05) is 37.0 Å². The maximum absolute atomic E-state index is 13.0. The van der Waals surface area contributed by atoms with Gasteiger partial charge in [-0.15, -0.1) is 0 Å². The number of aromatic nitrogens is 4. The third kappa shape index (κ3) is 4.03. The molecule has 38 heavy (non-hydrogen) atoms. The topological polar surface area (TPSA) is 105 Å². The van der Waals surface area contributed by atoms with Gasteiger partial charge < -0.3 is 10.1 Å². The van der Waals surface area contributed by atoms with Crippen molar-refractivity contribution in [3.8, 4) is 5.75 Å². The Bertz CT molecular complexity index is 1580. The van der Waals surface area contributed by atoms with Crippen molar-refractivity contribution >= 4 is 22.2 Å². The normalized spacial score (nSPS) is 25.2. The summed E-state index contributed by atoms with van der Waals surface area (Å²) in [5.41, 5.74) is 2.34. The number of halogens is 1. The van der Waals surface area contributed by atoms with Crippen LogP contribution < -0.4 is 15.6 Å². The van der Waals surface area contributed by atoms with Crippen molar-refractivity contribution in [2.24, 2.45) is 5.41 Å². The van der Waals surface area contributed by atoms with Crippen molar-refractivity contribution in [1.29, 1.82) is 0 Å². The van der Waals surface area contributed by atoms with Crippen molar-refractivity contribution in [1.82, 2.24) is 30.0 Å². The molecule has 1 saturated heterocycles. The maximum atomic E-state index is 13.0. The minimum absolute atomic E-state index is 0.115. The number of nitrogens with one attached hydrogen (secondary N) is 2. The third-order valence-electron chi connectivity index (χ3n) is 8.49. The number of H-pyrrole nitrogens is 1. The van der Waals surface area contributed by atoms with E-state index in [1.807, 2.05) is 41.3 Å². The summed E-state index contributed by atoms with van der Waals surface area (Å²) in [5.74, 6) is 0.877. The smallest absolute Gasteiger partial charge is 0.272 e. The Balaban J connectivity index is 0.935. The van der Waals surface area contributed by atoms with E-state index in [2.05, 4.69) is 20.6 Å². The van der Waals surface area contributed by atoms with E-state index in [4.69, 9.17) is 4.74 Å². The number of hydrogen-bond donors (Lipinski definition) is 2. The lowest BCUT2D eigenvalue weighted by atomic mass is 9.49. The summed E-state index contributed by atoms with van der Waals surface area (Å²) < 4.78 is 20.4. The second kappa shape index (κ2) is 8.90. The van der Waals surface area contributed by atoms with Crippen LogP contribution in [0.1, 0.15) is 47.7 Å². The number of fused-ring (bicyclic) bond motifs is 2. The van der Waals surface area contributed by atoms with E-state index in [0.29, 0.717) is 48.9 Å². The van der Waals surface area contributed by atoms with Crippen LogP contribution in [0.3, 0.4) is 0 Å². The lowest BCUT2D eigenvalue weighted by Crippen LogP contribution is -2.55. The Morgan fingerprint density at radius 1 is 1.13 bits per heavy atom. The van der Waals surface area contributed by atoms with E-state index in [1.54, 1.807) is 16.9 Å². The van der Waals surface area contributed by atoms with Gasteiger partial charge in [-0.2, -0.15) is 10.2 Å². The molecule has 196 valence electrons. The molecule has 2 N–H and O–H groups in total. The molecule has 0 radical (unpaired) electrons. The second-order valence-corrected chi connectivity index (χ2v) is 11.1. The molecule has 4 heterocycles. The summed E-state index contributed by atoms with van der Waals surface area (Å²) in [6.07, 6.45) is 6.60. The summed E-state index contributed by atoms with van der Waals surface area (Å²) in [6, 6.07) is 11.5. The predicted octanol–water partition coefficient (Wildman–Crippen LogP) is 3.06. The molecular formula is C28H29FN6O3. The molecule has 1 spiro atoms. The third-order valence-corrected chi connectivity index (χ3v) is 8.49. The zero-order valence-corrected chi connectivity index (χ0v) is 20.9. The molecule has 0 unspecified atom stereocenters. The van der Waals surface area contributed by atoms with Crippen LogP contribution in [0, 0.1) is 5.41 Å².